The van der Waals surface area contributed by atoms with E-state index in [9.17, 15) is 14.4 Å². The van der Waals surface area contributed by atoms with Crippen LogP contribution < -0.4 is 15.4 Å². The van der Waals surface area contributed by atoms with Gasteiger partial charge in [-0.25, -0.2) is 9.89 Å². The summed E-state index contributed by atoms with van der Waals surface area (Å²) in [6.45, 7) is 0.275. The summed E-state index contributed by atoms with van der Waals surface area (Å²) in [5, 5.41) is 6.29. The Morgan fingerprint density at radius 2 is 2.00 bits per heavy atom. The summed E-state index contributed by atoms with van der Waals surface area (Å²) in [6.07, 6.45) is 1.90. The fraction of sp³-hybridized carbons (Fsp3) is 0.222. The monoisotopic (exact) mass is 565 g/mol. The van der Waals surface area contributed by atoms with E-state index in [1.807, 2.05) is 24.3 Å². The summed E-state index contributed by atoms with van der Waals surface area (Å²) in [4.78, 5) is 49.2. The van der Waals surface area contributed by atoms with E-state index in [1.165, 1.54) is 18.3 Å². The molecule has 2 aliphatic rings. The zero-order valence-electron chi connectivity index (χ0n) is 20.8. The highest BCUT2D eigenvalue weighted by Gasteiger charge is 2.41. The van der Waals surface area contributed by atoms with E-state index in [-0.39, 0.29) is 42.9 Å². The number of hydrogen-bond donors (Lipinski definition) is 2. The second kappa shape index (κ2) is 11.7. The summed E-state index contributed by atoms with van der Waals surface area (Å²) in [6, 6.07) is 15.1. The van der Waals surface area contributed by atoms with Crippen LogP contribution in [0.5, 0.6) is 5.75 Å². The molecule has 0 saturated heterocycles. The number of amides is 3. The molecule has 10 nitrogen and oxygen atoms in total. The molecule has 0 bridgehead atoms. The summed E-state index contributed by atoms with van der Waals surface area (Å²) in [5.74, 6) is 0.834. The van der Waals surface area contributed by atoms with Crippen LogP contribution >= 0.6 is 23.4 Å². The Morgan fingerprint density at radius 1 is 1.15 bits per heavy atom. The van der Waals surface area contributed by atoms with Crippen LogP contribution in [-0.2, 0) is 20.9 Å². The Kier molecular flexibility index (Phi) is 7.99. The molecule has 12 heteroatoms. The van der Waals surface area contributed by atoms with E-state index in [0.29, 0.717) is 38.9 Å². The zero-order valence-corrected chi connectivity index (χ0v) is 22.4. The molecule has 0 saturated carbocycles. The molecule has 0 radical (unpaired) electrons. The van der Waals surface area contributed by atoms with Crippen molar-refractivity contribution >= 4 is 63.5 Å². The smallest absolute Gasteiger partial charge is 0.259 e. The van der Waals surface area contributed by atoms with Gasteiger partial charge in [0.1, 0.15) is 23.4 Å². The van der Waals surface area contributed by atoms with E-state index >= 15 is 0 Å². The molecule has 1 atom stereocenters. The summed E-state index contributed by atoms with van der Waals surface area (Å²) < 4.78 is 10.4. The number of fused-ring (bicyclic) bond motifs is 3. The first-order valence-electron chi connectivity index (χ1n) is 12.1. The number of halogens is 1. The number of ether oxygens (including phenoxy) is 1. The van der Waals surface area contributed by atoms with E-state index in [0.717, 1.165) is 17.3 Å². The van der Waals surface area contributed by atoms with Crippen molar-refractivity contribution in [3.05, 3.63) is 77.2 Å². The second-order valence-corrected chi connectivity index (χ2v) is 9.98. The van der Waals surface area contributed by atoms with Crippen molar-refractivity contribution in [3.63, 3.8) is 0 Å². The number of hydrogen-bond acceptors (Lipinski definition) is 8. The lowest BCUT2D eigenvalue weighted by atomic mass is 10.1. The Hall–Kier alpha value is -4.09. The first-order chi connectivity index (χ1) is 18.9. The third-order valence-electron chi connectivity index (χ3n) is 6.00. The number of benzene rings is 2. The molecule has 0 aliphatic carbocycles. The quantitative estimate of drug-likeness (QED) is 0.397. The van der Waals surface area contributed by atoms with Crippen molar-refractivity contribution < 1.29 is 23.5 Å². The Balaban J connectivity index is 1.24. The Labute approximate surface area is 233 Å². The first kappa shape index (κ1) is 26.5. The molecule has 3 amide bonds. The van der Waals surface area contributed by atoms with Gasteiger partial charge < -0.3 is 19.8 Å². The van der Waals surface area contributed by atoms with Gasteiger partial charge in [0.25, 0.3) is 5.91 Å². The molecule has 2 aromatic carbocycles. The predicted octanol–water partition coefficient (Wildman–Crippen LogP) is 4.37. The number of carbonyl (C=O) groups excluding carboxylic acids is 3. The number of anilines is 1. The molecule has 0 spiro atoms. The lowest BCUT2D eigenvalue weighted by molar-refractivity contribution is -0.125. The molecule has 0 fully saturated rings. The Morgan fingerprint density at radius 3 is 2.77 bits per heavy atom. The second-order valence-electron chi connectivity index (χ2n) is 8.63. The average molecular weight is 566 g/mol. The fourth-order valence-corrected chi connectivity index (χ4v) is 5.17. The van der Waals surface area contributed by atoms with Gasteiger partial charge in [0.15, 0.2) is 5.17 Å². The number of aliphatic imine (C=N–C) groups is 2. The maximum atomic E-state index is 13.4. The number of thioether (sulfide) groups is 1. The minimum atomic E-state index is -0.735. The molecule has 1 aromatic heterocycles. The molecule has 2 N–H and O–H groups in total. The predicted molar refractivity (Wildman–Crippen MR) is 150 cm³/mol. The number of amidine groups is 2. The summed E-state index contributed by atoms with van der Waals surface area (Å²) >= 11 is 7.28. The number of para-hydroxylation sites is 1. The molecule has 2 aliphatic heterocycles. The van der Waals surface area contributed by atoms with Gasteiger partial charge >= 0.3 is 0 Å². The minimum absolute atomic E-state index is 0.00155. The van der Waals surface area contributed by atoms with Gasteiger partial charge in [-0.3, -0.25) is 19.4 Å². The molecule has 5 rings (SSSR count). The molecule has 39 heavy (non-hydrogen) atoms. The van der Waals surface area contributed by atoms with E-state index < -0.39 is 6.04 Å². The third-order valence-corrected chi connectivity index (χ3v) is 7.23. The third kappa shape index (κ3) is 5.99. The normalized spacial score (nSPS) is 15.7. The van der Waals surface area contributed by atoms with Crippen molar-refractivity contribution in [2.24, 2.45) is 9.98 Å². The van der Waals surface area contributed by atoms with Crippen LogP contribution in [0.1, 0.15) is 24.2 Å². The first-order valence-corrected chi connectivity index (χ1v) is 13.4. The van der Waals surface area contributed by atoms with Crippen LogP contribution in [0.15, 0.2) is 75.3 Å². The summed E-state index contributed by atoms with van der Waals surface area (Å²) in [7, 11) is 1.51. The minimum Gasteiger partial charge on any atom is -0.495 e. The zero-order chi connectivity index (χ0) is 27.4. The van der Waals surface area contributed by atoms with Crippen molar-refractivity contribution in [2.45, 2.75) is 25.4 Å². The number of carbonyl (C=O) groups is 3. The van der Waals surface area contributed by atoms with Gasteiger partial charge in [-0.05, 0) is 48.9 Å². The van der Waals surface area contributed by atoms with Crippen molar-refractivity contribution in [1.29, 1.82) is 0 Å². The summed E-state index contributed by atoms with van der Waals surface area (Å²) in [5.41, 5.74) is 1.89. The topological polar surface area (TPSA) is 126 Å². The number of furan rings is 1. The highest BCUT2D eigenvalue weighted by molar-refractivity contribution is 8.14. The van der Waals surface area contributed by atoms with Gasteiger partial charge in [0.2, 0.25) is 11.8 Å². The maximum Gasteiger partial charge on any atom is 0.259 e. The van der Waals surface area contributed by atoms with E-state index in [1.54, 1.807) is 30.3 Å². The number of nitrogens with one attached hydrogen (secondary N) is 2. The number of methoxy groups -OCH3 is 1. The lowest BCUT2D eigenvalue weighted by Crippen LogP contribution is -2.41. The van der Waals surface area contributed by atoms with Gasteiger partial charge in [-0.1, -0.05) is 35.5 Å². The van der Waals surface area contributed by atoms with Crippen LogP contribution in [0.3, 0.4) is 0 Å². The molecule has 200 valence electrons. The van der Waals surface area contributed by atoms with Crippen LogP contribution in [0, 0.1) is 0 Å². The van der Waals surface area contributed by atoms with Crippen LogP contribution in [0.25, 0.3) is 0 Å². The van der Waals surface area contributed by atoms with Crippen LogP contribution in [0.2, 0.25) is 5.02 Å². The van der Waals surface area contributed by atoms with E-state index in [2.05, 4.69) is 20.6 Å². The number of nitrogens with zero attached hydrogens (tertiary/aromatic N) is 3. The average Bonchev–Trinajstić information content (AvgIpc) is 3.58. The highest BCUT2D eigenvalue weighted by atomic mass is 35.5. The SMILES string of the molecule is COc1ccc(NC(=O)CSC2=Nc3ccccc3C3=N[C@@H](CCC(=O)NCc4ccco4)C(=O)N23)cc1Cl. The van der Waals surface area contributed by atoms with Gasteiger partial charge in [-0.15, -0.1) is 0 Å². The largest absolute Gasteiger partial charge is 0.495 e. The van der Waals surface area contributed by atoms with Gasteiger partial charge in [0, 0.05) is 17.7 Å². The molecular weight excluding hydrogens is 542 g/mol. The standard InChI is InChI=1S/C27H24ClN5O5S/c1-37-22-10-8-16(13-19(22)28)30-24(35)15-39-27-32-20-7-3-2-6-18(20)25-31-21(26(36)33(25)27)9-11-23(34)29-14-17-5-4-12-38-17/h2-8,10,12-13,21H,9,11,14-15H2,1H3,(H,29,34)(H,30,35)/t21-/m0/s1. The van der Waals surface area contributed by atoms with Crippen LogP contribution in [0.4, 0.5) is 11.4 Å². The Bertz CT molecular complexity index is 1470. The molecule has 3 heterocycles. The lowest BCUT2D eigenvalue weighted by Gasteiger charge is -2.25. The fourth-order valence-electron chi connectivity index (χ4n) is 4.11. The molecular formula is C27H24ClN5O5S. The van der Waals surface area contributed by atoms with Crippen LogP contribution in [-0.4, -0.2) is 52.5 Å². The highest BCUT2D eigenvalue weighted by Crippen LogP contribution is 2.34. The van der Waals surface area contributed by atoms with Gasteiger partial charge in [-0.2, -0.15) is 0 Å². The molecule has 0 unspecified atom stereocenters. The molecule has 3 aromatic rings. The van der Waals surface area contributed by atoms with Crippen molar-refractivity contribution in [3.8, 4) is 5.75 Å². The maximum absolute atomic E-state index is 13.4. The van der Waals surface area contributed by atoms with Gasteiger partial charge in [0.05, 0.1) is 36.4 Å². The number of rotatable bonds is 9. The van der Waals surface area contributed by atoms with E-state index in [4.69, 9.17) is 20.8 Å². The van der Waals surface area contributed by atoms with Crippen molar-refractivity contribution in [2.75, 3.05) is 18.2 Å². The van der Waals surface area contributed by atoms with Crippen molar-refractivity contribution in [1.82, 2.24) is 10.2 Å².